The minimum absolute atomic E-state index is 0.0671. The number of sulfonamides is 1. The van der Waals surface area contributed by atoms with Gasteiger partial charge in [0, 0.05) is 12.2 Å². The first-order chi connectivity index (χ1) is 9.81. The Balaban J connectivity index is 2.20. The second-order valence-electron chi connectivity index (χ2n) is 4.91. The van der Waals surface area contributed by atoms with E-state index in [0.717, 1.165) is 0 Å². The Labute approximate surface area is 128 Å². The molecule has 0 fully saturated rings. The van der Waals surface area contributed by atoms with Crippen LogP contribution in [0.1, 0.15) is 22.8 Å². The average Bonchev–Trinajstić information content (AvgIpc) is 2.88. The Kier molecular flexibility index (Phi) is 4.67. The highest BCUT2D eigenvalue weighted by atomic mass is 32.2. The van der Waals surface area contributed by atoms with Crippen LogP contribution in [0.3, 0.4) is 0 Å². The maximum Gasteiger partial charge on any atom is 0.241 e. The van der Waals surface area contributed by atoms with Crippen molar-refractivity contribution < 1.29 is 13.5 Å². The van der Waals surface area contributed by atoms with Crippen LogP contribution in [0.25, 0.3) is 0 Å². The van der Waals surface area contributed by atoms with Crippen LogP contribution in [0, 0.1) is 13.8 Å². The van der Waals surface area contributed by atoms with E-state index in [1.54, 1.807) is 37.4 Å². The Hall–Kier alpha value is -1.41. The second kappa shape index (κ2) is 6.15. The quantitative estimate of drug-likeness (QED) is 0.732. The van der Waals surface area contributed by atoms with Gasteiger partial charge in [0.2, 0.25) is 10.0 Å². The zero-order chi connectivity index (χ0) is 15.6. The van der Waals surface area contributed by atoms with Gasteiger partial charge in [0.15, 0.2) is 0 Å². The lowest BCUT2D eigenvalue weighted by atomic mass is 10.1. The van der Waals surface area contributed by atoms with Crippen molar-refractivity contribution in [3.63, 3.8) is 0 Å². The van der Waals surface area contributed by atoms with Crippen molar-refractivity contribution in [2.75, 3.05) is 12.3 Å². The van der Waals surface area contributed by atoms with Gasteiger partial charge in [-0.2, -0.15) is 11.3 Å². The number of aliphatic hydroxyl groups is 1. The maximum atomic E-state index is 12.4. The van der Waals surface area contributed by atoms with Gasteiger partial charge in [-0.05, 0) is 59.5 Å². The first-order valence-electron chi connectivity index (χ1n) is 6.38. The highest BCUT2D eigenvalue weighted by molar-refractivity contribution is 7.89. The molecule has 0 saturated carbocycles. The minimum atomic E-state index is -3.69. The third-order valence-corrected chi connectivity index (χ3v) is 5.58. The number of thiophene rings is 1. The normalized spacial score (nSPS) is 13.3. The molecule has 1 aromatic heterocycles. The van der Waals surface area contributed by atoms with Crippen LogP contribution in [0.2, 0.25) is 0 Å². The van der Waals surface area contributed by atoms with Gasteiger partial charge in [-0.25, -0.2) is 13.1 Å². The predicted octanol–water partition coefficient (Wildman–Crippen LogP) is 1.96. The van der Waals surface area contributed by atoms with E-state index in [0.29, 0.717) is 22.4 Å². The van der Waals surface area contributed by atoms with Crippen molar-refractivity contribution >= 4 is 27.0 Å². The molecule has 0 saturated heterocycles. The summed E-state index contributed by atoms with van der Waals surface area (Å²) in [5.41, 5.74) is 8.11. The van der Waals surface area contributed by atoms with Gasteiger partial charge in [0.05, 0.1) is 11.0 Å². The van der Waals surface area contributed by atoms with Gasteiger partial charge < -0.3 is 10.8 Å². The second-order valence-corrected chi connectivity index (χ2v) is 7.39. The van der Waals surface area contributed by atoms with E-state index in [4.69, 9.17) is 5.73 Å². The van der Waals surface area contributed by atoms with E-state index in [9.17, 15) is 13.5 Å². The van der Waals surface area contributed by atoms with Crippen LogP contribution < -0.4 is 10.5 Å². The van der Waals surface area contributed by atoms with E-state index < -0.39 is 16.1 Å². The summed E-state index contributed by atoms with van der Waals surface area (Å²) in [5, 5.41) is 13.6. The van der Waals surface area contributed by atoms with Crippen molar-refractivity contribution in [2.45, 2.75) is 24.8 Å². The van der Waals surface area contributed by atoms with Crippen LogP contribution in [0.4, 0.5) is 5.69 Å². The van der Waals surface area contributed by atoms with Crippen molar-refractivity contribution in [1.29, 1.82) is 0 Å². The Morgan fingerprint density at radius 3 is 2.48 bits per heavy atom. The highest BCUT2D eigenvalue weighted by Crippen LogP contribution is 2.23. The third kappa shape index (κ3) is 3.62. The number of aliphatic hydroxyl groups excluding tert-OH is 1. The molecule has 0 spiro atoms. The molecule has 0 aliphatic rings. The number of nitrogens with one attached hydrogen (secondary N) is 1. The zero-order valence-electron chi connectivity index (χ0n) is 11.8. The largest absolute Gasteiger partial charge is 0.399 e. The topological polar surface area (TPSA) is 92.4 Å². The van der Waals surface area contributed by atoms with E-state index in [1.165, 1.54) is 11.3 Å². The molecule has 1 aromatic carbocycles. The van der Waals surface area contributed by atoms with Crippen LogP contribution in [0.15, 0.2) is 33.9 Å². The summed E-state index contributed by atoms with van der Waals surface area (Å²) in [5.74, 6) is 0. The molecule has 0 amide bonds. The van der Waals surface area contributed by atoms with Crippen molar-refractivity contribution in [3.05, 3.63) is 45.6 Å². The van der Waals surface area contributed by atoms with E-state index >= 15 is 0 Å². The molecule has 114 valence electrons. The Bertz CT molecular complexity index is 702. The number of aryl methyl sites for hydroxylation is 2. The number of hydrogen-bond acceptors (Lipinski definition) is 5. The minimum Gasteiger partial charge on any atom is -0.399 e. The van der Waals surface area contributed by atoms with Crippen molar-refractivity contribution in [3.8, 4) is 0 Å². The first kappa shape index (κ1) is 16.0. The molecule has 0 aliphatic heterocycles. The van der Waals surface area contributed by atoms with Gasteiger partial charge in [0.1, 0.15) is 0 Å². The number of hydrogen-bond donors (Lipinski definition) is 3. The molecule has 5 nitrogen and oxygen atoms in total. The van der Waals surface area contributed by atoms with Crippen LogP contribution >= 0.6 is 11.3 Å². The molecule has 1 heterocycles. The first-order valence-corrected chi connectivity index (χ1v) is 8.80. The molecule has 0 bridgehead atoms. The van der Waals surface area contributed by atoms with Gasteiger partial charge in [-0.3, -0.25) is 0 Å². The van der Waals surface area contributed by atoms with Crippen molar-refractivity contribution in [2.24, 2.45) is 0 Å². The van der Waals surface area contributed by atoms with Gasteiger partial charge in [-0.15, -0.1) is 0 Å². The molecular weight excluding hydrogens is 308 g/mol. The van der Waals surface area contributed by atoms with Crippen molar-refractivity contribution in [1.82, 2.24) is 4.72 Å². The lowest BCUT2D eigenvalue weighted by molar-refractivity contribution is 0.182. The van der Waals surface area contributed by atoms with Crippen LogP contribution in [0.5, 0.6) is 0 Å². The standard InChI is InChI=1S/C14H18N2O3S2/c1-9-5-12(15)6-10(2)14(9)21(18,19)16-7-13(17)11-3-4-20-8-11/h3-6,8,13,16-17H,7,15H2,1-2H3. The number of benzene rings is 1. The Morgan fingerprint density at radius 2 is 1.95 bits per heavy atom. The molecule has 0 radical (unpaired) electrons. The van der Waals surface area contributed by atoms with Gasteiger partial charge in [0.25, 0.3) is 0 Å². The van der Waals surface area contributed by atoms with Crippen LogP contribution in [-0.4, -0.2) is 20.1 Å². The van der Waals surface area contributed by atoms with E-state index in [-0.39, 0.29) is 11.4 Å². The molecule has 2 rings (SSSR count). The number of nitrogens with two attached hydrogens (primary N) is 1. The monoisotopic (exact) mass is 326 g/mol. The summed E-state index contributed by atoms with van der Waals surface area (Å²) < 4.78 is 27.2. The molecule has 7 heteroatoms. The lowest BCUT2D eigenvalue weighted by Crippen LogP contribution is -2.29. The summed E-state index contributed by atoms with van der Waals surface area (Å²) >= 11 is 1.45. The molecular formula is C14H18N2O3S2. The summed E-state index contributed by atoms with van der Waals surface area (Å²) in [6.07, 6.45) is -0.861. The molecule has 0 aliphatic carbocycles. The zero-order valence-corrected chi connectivity index (χ0v) is 13.5. The SMILES string of the molecule is Cc1cc(N)cc(C)c1S(=O)(=O)NCC(O)c1ccsc1. The average molecular weight is 326 g/mol. The predicted molar refractivity (Wildman–Crippen MR) is 84.8 cm³/mol. The molecule has 2 aromatic rings. The highest BCUT2D eigenvalue weighted by Gasteiger charge is 2.21. The van der Waals surface area contributed by atoms with Gasteiger partial charge in [-0.1, -0.05) is 0 Å². The fourth-order valence-electron chi connectivity index (χ4n) is 2.25. The third-order valence-electron chi connectivity index (χ3n) is 3.15. The molecule has 1 unspecified atom stereocenters. The summed E-state index contributed by atoms with van der Waals surface area (Å²) in [6, 6.07) is 5.01. The Morgan fingerprint density at radius 1 is 1.33 bits per heavy atom. The molecule has 1 atom stereocenters. The smallest absolute Gasteiger partial charge is 0.241 e. The molecule has 4 N–H and O–H groups in total. The fraction of sp³-hybridized carbons (Fsp3) is 0.286. The fourth-order valence-corrected chi connectivity index (χ4v) is 4.45. The van der Waals surface area contributed by atoms with E-state index in [2.05, 4.69) is 4.72 Å². The maximum absolute atomic E-state index is 12.4. The number of nitrogen functional groups attached to an aromatic ring is 1. The summed E-state index contributed by atoms with van der Waals surface area (Å²) in [6.45, 7) is 3.34. The van der Waals surface area contributed by atoms with Crippen LogP contribution in [-0.2, 0) is 10.0 Å². The number of anilines is 1. The van der Waals surface area contributed by atoms with E-state index in [1.807, 2.05) is 5.38 Å². The molecule has 21 heavy (non-hydrogen) atoms. The lowest BCUT2D eigenvalue weighted by Gasteiger charge is -2.15. The summed E-state index contributed by atoms with van der Waals surface area (Å²) in [4.78, 5) is 0.217. The number of rotatable bonds is 5. The summed E-state index contributed by atoms with van der Waals surface area (Å²) in [7, 11) is -3.69. The van der Waals surface area contributed by atoms with Gasteiger partial charge >= 0.3 is 0 Å².